The fraction of sp³-hybridized carbons (Fsp3) is 0.522. The maximum absolute atomic E-state index is 12.3. The number of rotatable bonds is 6. The largest absolute Gasteiger partial charge is 0.444 e. The number of aromatic nitrogens is 1. The number of nitrogens with one attached hydrogen (secondary N) is 1. The van der Waals surface area contributed by atoms with Crippen molar-refractivity contribution in [2.45, 2.75) is 64.5 Å². The van der Waals surface area contributed by atoms with E-state index in [0.717, 1.165) is 24.2 Å². The molecule has 1 aliphatic rings. The van der Waals surface area contributed by atoms with Crippen LogP contribution >= 0.6 is 0 Å². The molecule has 30 heavy (non-hydrogen) atoms. The zero-order valence-corrected chi connectivity index (χ0v) is 18.0. The van der Waals surface area contributed by atoms with E-state index in [9.17, 15) is 9.59 Å². The average molecular weight is 414 g/mol. The molecule has 1 fully saturated rings. The molecule has 0 atom stereocenters. The van der Waals surface area contributed by atoms with Gasteiger partial charge in [-0.1, -0.05) is 30.3 Å². The van der Waals surface area contributed by atoms with Crippen molar-refractivity contribution < 1.29 is 18.7 Å². The maximum atomic E-state index is 12.3. The number of piperidine rings is 1. The number of benzene rings is 1. The van der Waals surface area contributed by atoms with Crippen molar-refractivity contribution in [3.8, 4) is 11.3 Å². The van der Waals surface area contributed by atoms with Gasteiger partial charge in [0.05, 0.1) is 6.20 Å². The van der Waals surface area contributed by atoms with Gasteiger partial charge in [-0.2, -0.15) is 0 Å². The number of aryl methyl sites for hydroxylation is 1. The zero-order chi connectivity index (χ0) is 21.6. The summed E-state index contributed by atoms with van der Waals surface area (Å²) in [6.45, 7) is 6.77. The molecule has 2 aromatic rings. The molecule has 1 aromatic heterocycles. The van der Waals surface area contributed by atoms with Gasteiger partial charge in [-0.25, -0.2) is 9.78 Å². The maximum Gasteiger partial charge on any atom is 0.410 e. The number of hydrogen-bond acceptors (Lipinski definition) is 5. The molecule has 3 rings (SSSR count). The topological polar surface area (TPSA) is 84.7 Å². The molecular formula is C23H31N3O4. The minimum Gasteiger partial charge on any atom is -0.444 e. The second kappa shape index (κ2) is 9.78. The van der Waals surface area contributed by atoms with Crippen LogP contribution in [0.15, 0.2) is 40.9 Å². The first kappa shape index (κ1) is 21.9. The summed E-state index contributed by atoms with van der Waals surface area (Å²) < 4.78 is 11.2. The van der Waals surface area contributed by atoms with E-state index >= 15 is 0 Å². The Hall–Kier alpha value is -2.83. The molecule has 0 aliphatic carbocycles. The summed E-state index contributed by atoms with van der Waals surface area (Å²) in [6.07, 6.45) is 4.65. The Morgan fingerprint density at radius 3 is 2.57 bits per heavy atom. The fourth-order valence-corrected chi connectivity index (χ4v) is 3.39. The smallest absolute Gasteiger partial charge is 0.410 e. The fourth-order valence-electron chi connectivity index (χ4n) is 3.39. The molecule has 1 saturated heterocycles. The minimum absolute atomic E-state index is 0.0283. The first-order valence-electron chi connectivity index (χ1n) is 10.6. The van der Waals surface area contributed by atoms with Crippen LogP contribution in [0.2, 0.25) is 0 Å². The highest BCUT2D eigenvalue weighted by molar-refractivity contribution is 5.76. The molecule has 1 aromatic carbocycles. The standard InChI is InChI=1S/C23H31N3O4/c1-23(2,3)30-22(28)26-14-12-18(13-15-26)25-20(27)10-7-11-21-24-16-19(29-21)17-8-5-4-6-9-17/h4-6,8-9,16,18H,7,10-15H2,1-3H3,(H,25,27). The molecule has 0 spiro atoms. The lowest BCUT2D eigenvalue weighted by molar-refractivity contribution is -0.122. The van der Waals surface area contributed by atoms with E-state index in [1.54, 1.807) is 11.1 Å². The summed E-state index contributed by atoms with van der Waals surface area (Å²) in [5.74, 6) is 1.42. The first-order valence-corrected chi connectivity index (χ1v) is 10.6. The van der Waals surface area contributed by atoms with Crippen molar-refractivity contribution in [1.29, 1.82) is 0 Å². The summed E-state index contributed by atoms with van der Waals surface area (Å²) in [7, 11) is 0. The van der Waals surface area contributed by atoms with E-state index in [-0.39, 0.29) is 18.0 Å². The zero-order valence-electron chi connectivity index (χ0n) is 18.0. The lowest BCUT2D eigenvalue weighted by Crippen LogP contribution is -2.47. The highest BCUT2D eigenvalue weighted by atomic mass is 16.6. The monoisotopic (exact) mass is 413 g/mol. The Morgan fingerprint density at radius 1 is 1.20 bits per heavy atom. The normalized spacial score (nSPS) is 15.1. The van der Waals surface area contributed by atoms with Crippen LogP contribution in [0, 0.1) is 0 Å². The third-order valence-electron chi connectivity index (χ3n) is 4.92. The van der Waals surface area contributed by atoms with Crippen molar-refractivity contribution in [3.05, 3.63) is 42.4 Å². The quantitative estimate of drug-likeness (QED) is 0.768. The Balaban J connectivity index is 1.35. The van der Waals surface area contributed by atoms with Crippen LogP contribution in [0.4, 0.5) is 4.79 Å². The summed E-state index contributed by atoms with van der Waals surface area (Å²) in [5.41, 5.74) is 0.499. The number of hydrogen-bond donors (Lipinski definition) is 1. The highest BCUT2D eigenvalue weighted by Crippen LogP contribution is 2.20. The molecule has 0 radical (unpaired) electrons. The first-order chi connectivity index (χ1) is 14.3. The van der Waals surface area contributed by atoms with Gasteiger partial charge in [-0.05, 0) is 40.0 Å². The van der Waals surface area contributed by atoms with Crippen LogP contribution in [-0.4, -0.2) is 46.6 Å². The predicted octanol–water partition coefficient (Wildman–Crippen LogP) is 4.18. The molecule has 7 nitrogen and oxygen atoms in total. The van der Waals surface area contributed by atoms with Crippen molar-refractivity contribution in [2.75, 3.05) is 13.1 Å². The van der Waals surface area contributed by atoms with Gasteiger partial charge in [0, 0.05) is 37.5 Å². The van der Waals surface area contributed by atoms with Crippen LogP contribution in [0.3, 0.4) is 0 Å². The number of oxazole rings is 1. The van der Waals surface area contributed by atoms with E-state index < -0.39 is 5.60 Å². The van der Waals surface area contributed by atoms with Crippen molar-refractivity contribution in [1.82, 2.24) is 15.2 Å². The predicted molar refractivity (Wildman–Crippen MR) is 114 cm³/mol. The second-order valence-electron chi connectivity index (χ2n) is 8.65. The van der Waals surface area contributed by atoms with Gasteiger partial charge in [-0.3, -0.25) is 4.79 Å². The molecule has 2 heterocycles. The van der Waals surface area contributed by atoms with Gasteiger partial charge >= 0.3 is 6.09 Å². The Bertz CT molecular complexity index is 834. The number of nitrogens with zero attached hydrogens (tertiary/aromatic N) is 2. The summed E-state index contributed by atoms with van der Waals surface area (Å²) in [4.78, 5) is 30.4. The van der Waals surface area contributed by atoms with Gasteiger partial charge in [0.25, 0.3) is 0 Å². The third kappa shape index (κ3) is 6.61. The van der Waals surface area contributed by atoms with Crippen LogP contribution in [0.25, 0.3) is 11.3 Å². The van der Waals surface area contributed by atoms with Crippen LogP contribution in [0.5, 0.6) is 0 Å². The van der Waals surface area contributed by atoms with E-state index in [4.69, 9.17) is 9.15 Å². The van der Waals surface area contributed by atoms with E-state index in [1.165, 1.54) is 0 Å². The third-order valence-corrected chi connectivity index (χ3v) is 4.92. The Kier molecular flexibility index (Phi) is 7.13. The number of likely N-dealkylation sites (tertiary alicyclic amines) is 1. The van der Waals surface area contributed by atoms with Gasteiger partial charge in [0.2, 0.25) is 5.91 Å². The van der Waals surface area contributed by atoms with Crippen LogP contribution in [-0.2, 0) is 16.0 Å². The molecular weight excluding hydrogens is 382 g/mol. The summed E-state index contributed by atoms with van der Waals surface area (Å²) in [6, 6.07) is 9.93. The lowest BCUT2D eigenvalue weighted by atomic mass is 10.0. The average Bonchev–Trinajstić information content (AvgIpc) is 3.17. The SMILES string of the molecule is CC(C)(C)OC(=O)N1CCC(NC(=O)CCCc2ncc(-c3ccccc3)o2)CC1. The molecule has 1 N–H and O–H groups in total. The summed E-state index contributed by atoms with van der Waals surface area (Å²) in [5, 5.41) is 3.08. The van der Waals surface area contributed by atoms with Crippen molar-refractivity contribution >= 4 is 12.0 Å². The Morgan fingerprint density at radius 2 is 1.90 bits per heavy atom. The molecule has 2 amide bonds. The summed E-state index contributed by atoms with van der Waals surface area (Å²) >= 11 is 0. The molecule has 0 bridgehead atoms. The van der Waals surface area contributed by atoms with Gasteiger partial charge in [0.1, 0.15) is 5.60 Å². The number of carbonyl (C=O) groups excluding carboxylic acids is 2. The number of carbonyl (C=O) groups is 2. The van der Waals surface area contributed by atoms with E-state index in [2.05, 4.69) is 10.3 Å². The minimum atomic E-state index is -0.493. The second-order valence-corrected chi connectivity index (χ2v) is 8.65. The van der Waals surface area contributed by atoms with Crippen LogP contribution < -0.4 is 5.32 Å². The van der Waals surface area contributed by atoms with Gasteiger partial charge in [0.15, 0.2) is 11.7 Å². The Labute approximate surface area is 177 Å². The van der Waals surface area contributed by atoms with Crippen molar-refractivity contribution in [2.24, 2.45) is 0 Å². The number of ether oxygens (including phenoxy) is 1. The molecule has 0 unspecified atom stereocenters. The molecule has 162 valence electrons. The number of amides is 2. The van der Waals surface area contributed by atoms with Crippen molar-refractivity contribution in [3.63, 3.8) is 0 Å². The van der Waals surface area contributed by atoms with E-state index in [1.807, 2.05) is 51.1 Å². The van der Waals surface area contributed by atoms with Gasteiger partial charge in [-0.15, -0.1) is 0 Å². The molecule has 0 saturated carbocycles. The lowest BCUT2D eigenvalue weighted by Gasteiger charge is -2.33. The highest BCUT2D eigenvalue weighted by Gasteiger charge is 2.27. The molecule has 7 heteroatoms. The van der Waals surface area contributed by atoms with Crippen LogP contribution in [0.1, 0.15) is 52.3 Å². The molecule has 1 aliphatic heterocycles. The van der Waals surface area contributed by atoms with Gasteiger partial charge < -0.3 is 19.4 Å². The van der Waals surface area contributed by atoms with E-state index in [0.29, 0.717) is 38.2 Å².